The Morgan fingerprint density at radius 1 is 1.25 bits per heavy atom. The maximum absolute atomic E-state index is 9.48. The van der Waals surface area contributed by atoms with Crippen LogP contribution in [0.1, 0.15) is 19.3 Å². The maximum Gasteiger partial charge on any atom is 0.257 e. The molecule has 2 aromatic rings. The molecule has 8 heteroatoms. The first kappa shape index (κ1) is 12.8. The molecule has 1 fully saturated rings. The van der Waals surface area contributed by atoms with E-state index in [1.54, 1.807) is 23.1 Å². The topological polar surface area (TPSA) is 106 Å². The molecule has 2 aromatic heterocycles. The third-order valence-electron chi connectivity index (χ3n) is 3.43. The Bertz CT molecular complexity index is 571. The van der Waals surface area contributed by atoms with Crippen molar-refractivity contribution in [2.24, 2.45) is 0 Å². The van der Waals surface area contributed by atoms with E-state index in [2.05, 4.69) is 20.1 Å². The summed E-state index contributed by atoms with van der Waals surface area (Å²) in [5, 5.41) is 13.6. The summed E-state index contributed by atoms with van der Waals surface area (Å²) in [6.45, 7) is 0.899. The second kappa shape index (κ2) is 5.41. The molecule has 3 heterocycles. The molecule has 3 N–H and O–H groups in total. The number of hydrogen-bond acceptors (Lipinski definition) is 7. The van der Waals surface area contributed by atoms with E-state index in [1.807, 2.05) is 4.90 Å². The fourth-order valence-corrected chi connectivity index (χ4v) is 2.44. The van der Waals surface area contributed by atoms with Gasteiger partial charge in [-0.15, -0.1) is 0 Å². The predicted octanol–water partition coefficient (Wildman–Crippen LogP) is -0.00930. The van der Waals surface area contributed by atoms with Crippen molar-refractivity contribution in [1.82, 2.24) is 24.7 Å². The van der Waals surface area contributed by atoms with E-state index in [0.717, 1.165) is 25.8 Å². The van der Waals surface area contributed by atoms with Crippen LogP contribution in [0.15, 0.2) is 18.5 Å². The quantitative estimate of drug-likeness (QED) is 0.811. The van der Waals surface area contributed by atoms with Crippen molar-refractivity contribution in [3.63, 3.8) is 0 Å². The van der Waals surface area contributed by atoms with E-state index in [-0.39, 0.29) is 18.6 Å². The van der Waals surface area contributed by atoms with Crippen molar-refractivity contribution in [3.8, 4) is 5.95 Å². The van der Waals surface area contributed by atoms with Crippen LogP contribution in [0, 0.1) is 0 Å². The van der Waals surface area contributed by atoms with Gasteiger partial charge in [0.15, 0.2) is 0 Å². The molecule has 20 heavy (non-hydrogen) atoms. The van der Waals surface area contributed by atoms with Crippen LogP contribution >= 0.6 is 0 Å². The highest BCUT2D eigenvalue weighted by molar-refractivity contribution is 5.39. The van der Waals surface area contributed by atoms with E-state index >= 15 is 0 Å². The molecular formula is C12H17N7O. The first-order valence-corrected chi connectivity index (χ1v) is 6.67. The number of piperidine rings is 1. The highest BCUT2D eigenvalue weighted by Crippen LogP contribution is 2.22. The van der Waals surface area contributed by atoms with Crippen molar-refractivity contribution >= 4 is 11.9 Å². The lowest BCUT2D eigenvalue weighted by Gasteiger charge is -2.34. The van der Waals surface area contributed by atoms with E-state index in [0.29, 0.717) is 11.9 Å². The summed E-state index contributed by atoms with van der Waals surface area (Å²) in [4.78, 5) is 14.7. The molecule has 0 spiro atoms. The van der Waals surface area contributed by atoms with Crippen molar-refractivity contribution in [3.05, 3.63) is 18.5 Å². The van der Waals surface area contributed by atoms with Gasteiger partial charge in [0.25, 0.3) is 5.95 Å². The lowest BCUT2D eigenvalue weighted by atomic mass is 10.0. The van der Waals surface area contributed by atoms with Gasteiger partial charge in [0.2, 0.25) is 11.9 Å². The molecule has 1 atom stereocenters. The summed E-state index contributed by atoms with van der Waals surface area (Å²) in [5.41, 5.74) is 5.77. The summed E-state index contributed by atoms with van der Waals surface area (Å²) in [5.74, 6) is 1.05. The van der Waals surface area contributed by atoms with Crippen LogP contribution in [0.4, 0.5) is 11.9 Å². The van der Waals surface area contributed by atoms with Gasteiger partial charge in [0, 0.05) is 18.9 Å². The minimum absolute atomic E-state index is 0.0380. The number of rotatable bonds is 3. The molecule has 0 bridgehead atoms. The molecule has 8 nitrogen and oxygen atoms in total. The molecular weight excluding hydrogens is 258 g/mol. The molecule has 1 aliphatic heterocycles. The summed E-state index contributed by atoms with van der Waals surface area (Å²) < 4.78 is 1.54. The van der Waals surface area contributed by atoms with Gasteiger partial charge in [0.05, 0.1) is 12.6 Å². The fourth-order valence-electron chi connectivity index (χ4n) is 2.44. The van der Waals surface area contributed by atoms with Crippen molar-refractivity contribution in [2.45, 2.75) is 25.3 Å². The molecule has 0 radical (unpaired) electrons. The molecule has 1 saturated heterocycles. The molecule has 0 aliphatic carbocycles. The van der Waals surface area contributed by atoms with Crippen LogP contribution in [0.5, 0.6) is 0 Å². The first-order valence-electron chi connectivity index (χ1n) is 6.67. The highest BCUT2D eigenvalue weighted by Gasteiger charge is 2.25. The predicted molar refractivity (Wildman–Crippen MR) is 73.4 cm³/mol. The second-order valence-electron chi connectivity index (χ2n) is 4.77. The second-order valence-corrected chi connectivity index (χ2v) is 4.77. The Kier molecular flexibility index (Phi) is 3.46. The van der Waals surface area contributed by atoms with Gasteiger partial charge in [-0.1, -0.05) is 0 Å². The van der Waals surface area contributed by atoms with Crippen LogP contribution < -0.4 is 10.6 Å². The zero-order valence-corrected chi connectivity index (χ0v) is 11.1. The number of nitrogens with zero attached hydrogens (tertiary/aromatic N) is 6. The van der Waals surface area contributed by atoms with E-state index in [4.69, 9.17) is 5.73 Å². The molecule has 0 saturated carbocycles. The lowest BCUT2D eigenvalue weighted by molar-refractivity contribution is 0.238. The first-order chi connectivity index (χ1) is 9.78. The van der Waals surface area contributed by atoms with Gasteiger partial charge >= 0.3 is 0 Å². The third-order valence-corrected chi connectivity index (χ3v) is 3.43. The minimum Gasteiger partial charge on any atom is -0.394 e. The standard InChI is InChI=1S/C12H17N7O/c13-10-15-11(18-6-2-1-4-9(18)8-20)17-12(16-10)19-7-3-5-14-19/h3,5,7,9,20H,1-2,4,6,8H2,(H2,13,15,16,17). The maximum atomic E-state index is 9.48. The molecule has 0 aromatic carbocycles. The van der Waals surface area contributed by atoms with Crippen LogP contribution in [0.3, 0.4) is 0 Å². The Labute approximate surface area is 116 Å². The number of anilines is 2. The smallest absolute Gasteiger partial charge is 0.257 e. The number of aliphatic hydroxyl groups excluding tert-OH is 1. The molecule has 1 aliphatic rings. The average Bonchev–Trinajstić information content (AvgIpc) is 3.01. The van der Waals surface area contributed by atoms with Gasteiger partial charge < -0.3 is 15.7 Å². The van der Waals surface area contributed by atoms with Gasteiger partial charge in [-0.25, -0.2) is 4.68 Å². The van der Waals surface area contributed by atoms with Crippen molar-refractivity contribution < 1.29 is 5.11 Å². The summed E-state index contributed by atoms with van der Waals surface area (Å²) in [6, 6.07) is 1.83. The van der Waals surface area contributed by atoms with Gasteiger partial charge in [0.1, 0.15) is 0 Å². The van der Waals surface area contributed by atoms with Gasteiger partial charge in [-0.2, -0.15) is 20.1 Å². The summed E-state index contributed by atoms with van der Waals surface area (Å²) in [7, 11) is 0. The number of nitrogen functional groups attached to an aromatic ring is 1. The number of aliphatic hydroxyl groups is 1. The molecule has 3 rings (SSSR count). The average molecular weight is 275 g/mol. The van der Waals surface area contributed by atoms with Crippen LogP contribution in [-0.4, -0.2) is 49.0 Å². The fraction of sp³-hybridized carbons (Fsp3) is 0.500. The summed E-state index contributed by atoms with van der Waals surface area (Å²) >= 11 is 0. The Balaban J connectivity index is 1.96. The van der Waals surface area contributed by atoms with Crippen LogP contribution in [-0.2, 0) is 0 Å². The minimum atomic E-state index is 0.0380. The van der Waals surface area contributed by atoms with Crippen LogP contribution in [0.25, 0.3) is 5.95 Å². The molecule has 106 valence electrons. The van der Waals surface area contributed by atoms with E-state index in [9.17, 15) is 5.11 Å². The van der Waals surface area contributed by atoms with E-state index in [1.165, 1.54) is 0 Å². The third kappa shape index (κ3) is 2.42. The summed E-state index contributed by atoms with van der Waals surface area (Å²) in [6.07, 6.45) is 6.49. The SMILES string of the molecule is Nc1nc(N2CCCCC2CO)nc(-n2cccn2)n1. The van der Waals surface area contributed by atoms with Crippen molar-refractivity contribution in [1.29, 1.82) is 0 Å². The van der Waals surface area contributed by atoms with Crippen LogP contribution in [0.2, 0.25) is 0 Å². The number of aromatic nitrogens is 5. The Hall–Kier alpha value is -2.22. The largest absolute Gasteiger partial charge is 0.394 e. The Morgan fingerprint density at radius 2 is 2.10 bits per heavy atom. The number of nitrogens with two attached hydrogens (primary N) is 1. The lowest BCUT2D eigenvalue weighted by Crippen LogP contribution is -2.43. The normalized spacial score (nSPS) is 19.2. The molecule has 1 unspecified atom stereocenters. The highest BCUT2D eigenvalue weighted by atomic mass is 16.3. The van der Waals surface area contributed by atoms with Gasteiger partial charge in [-0.3, -0.25) is 0 Å². The van der Waals surface area contributed by atoms with Crippen molar-refractivity contribution in [2.75, 3.05) is 23.8 Å². The molecule has 0 amide bonds. The Morgan fingerprint density at radius 3 is 2.85 bits per heavy atom. The zero-order chi connectivity index (χ0) is 13.9. The monoisotopic (exact) mass is 275 g/mol. The van der Waals surface area contributed by atoms with E-state index < -0.39 is 0 Å². The van der Waals surface area contributed by atoms with Gasteiger partial charge in [-0.05, 0) is 25.3 Å². The zero-order valence-electron chi connectivity index (χ0n) is 11.1. The number of hydrogen-bond donors (Lipinski definition) is 2.